The largest absolute Gasteiger partial charge is 0.349 e. The lowest BCUT2D eigenvalue weighted by Gasteiger charge is -2.08. The van der Waals surface area contributed by atoms with E-state index in [0.717, 1.165) is 5.56 Å². The van der Waals surface area contributed by atoms with Crippen LogP contribution in [-0.2, 0) is 10.0 Å². The molecule has 0 aliphatic rings. The van der Waals surface area contributed by atoms with E-state index in [-0.39, 0.29) is 21.7 Å². The summed E-state index contributed by atoms with van der Waals surface area (Å²) in [7, 11) is -4.23. The number of sulfonamides is 1. The minimum atomic E-state index is -4.23. The average molecular weight is 432 g/mol. The van der Waals surface area contributed by atoms with Crippen molar-refractivity contribution in [2.75, 3.05) is 5.32 Å². The quantitative estimate of drug-likeness (QED) is 0.568. The predicted octanol–water partition coefficient (Wildman–Crippen LogP) is 2.50. The van der Waals surface area contributed by atoms with Crippen LogP contribution in [0.5, 0.6) is 0 Å². The Morgan fingerprint density at radius 1 is 1.00 bits per heavy atom. The van der Waals surface area contributed by atoms with Gasteiger partial charge in [0, 0.05) is 0 Å². The van der Waals surface area contributed by atoms with Crippen molar-refractivity contribution in [1.82, 2.24) is 19.7 Å². The number of rotatable bonds is 5. The van der Waals surface area contributed by atoms with E-state index in [0.29, 0.717) is 0 Å². The van der Waals surface area contributed by atoms with Crippen LogP contribution in [0.15, 0.2) is 64.3 Å². The zero-order chi connectivity index (χ0) is 20.9. The summed E-state index contributed by atoms with van der Waals surface area (Å²) in [5.41, 5.74) is 0.0991. The van der Waals surface area contributed by atoms with Gasteiger partial charge in [-0.1, -0.05) is 60.1 Å². The standard InChI is InChI=1S/C18H14ClN5O4S/c19-13-8-4-5-9-14(13)29(27,28)24-18(26)23-16-20-15(21-17(25)22-16)11-10-12-6-2-1-3-7-12/h1-11H,(H3,20,21,22,23,24,25,26). The first-order valence-electron chi connectivity index (χ1n) is 8.13. The van der Waals surface area contributed by atoms with Gasteiger partial charge in [0.2, 0.25) is 5.95 Å². The lowest BCUT2D eigenvalue weighted by atomic mass is 10.2. The van der Waals surface area contributed by atoms with E-state index in [1.807, 2.05) is 30.3 Å². The van der Waals surface area contributed by atoms with Crippen molar-refractivity contribution in [3.8, 4) is 0 Å². The first kappa shape index (κ1) is 20.2. The Morgan fingerprint density at radius 3 is 2.41 bits per heavy atom. The smallest absolute Gasteiger partial charge is 0.290 e. The zero-order valence-corrected chi connectivity index (χ0v) is 16.2. The number of carbonyl (C=O) groups is 1. The van der Waals surface area contributed by atoms with Crippen molar-refractivity contribution in [1.29, 1.82) is 0 Å². The summed E-state index contributed by atoms with van der Waals surface area (Å²) >= 11 is 5.85. The summed E-state index contributed by atoms with van der Waals surface area (Å²) in [6.45, 7) is 0. The van der Waals surface area contributed by atoms with Crippen molar-refractivity contribution >= 4 is 45.8 Å². The van der Waals surface area contributed by atoms with Gasteiger partial charge in [-0.15, -0.1) is 0 Å². The van der Waals surface area contributed by atoms with E-state index >= 15 is 0 Å². The Labute approximate surface area is 170 Å². The molecule has 1 aromatic heterocycles. The molecule has 0 fully saturated rings. The molecule has 0 bridgehead atoms. The number of halogens is 1. The first-order chi connectivity index (χ1) is 13.8. The Bertz CT molecular complexity index is 1230. The van der Waals surface area contributed by atoms with Crippen LogP contribution in [0.4, 0.5) is 10.7 Å². The second-order valence-electron chi connectivity index (χ2n) is 5.60. The molecule has 0 aliphatic carbocycles. The molecular weight excluding hydrogens is 418 g/mol. The molecule has 9 nitrogen and oxygen atoms in total. The molecule has 1 heterocycles. The second-order valence-corrected chi connectivity index (χ2v) is 7.65. The number of nitrogens with one attached hydrogen (secondary N) is 3. The maximum Gasteiger partial charge on any atom is 0.349 e. The van der Waals surface area contributed by atoms with E-state index in [2.05, 4.69) is 20.3 Å². The summed E-state index contributed by atoms with van der Waals surface area (Å²) in [5.74, 6) is -0.244. The number of nitrogens with zero attached hydrogens (tertiary/aromatic N) is 2. The Hall–Kier alpha value is -3.50. The molecule has 3 N–H and O–H groups in total. The molecule has 0 aliphatic heterocycles. The van der Waals surface area contributed by atoms with Gasteiger partial charge in [0.05, 0.1) is 5.02 Å². The zero-order valence-electron chi connectivity index (χ0n) is 14.7. The van der Waals surface area contributed by atoms with Gasteiger partial charge in [-0.2, -0.15) is 9.97 Å². The van der Waals surface area contributed by atoms with Gasteiger partial charge < -0.3 is 0 Å². The van der Waals surface area contributed by atoms with E-state index in [4.69, 9.17) is 11.6 Å². The Balaban J connectivity index is 1.75. The fourth-order valence-corrected chi connectivity index (χ4v) is 3.67. The fraction of sp³-hybridized carbons (Fsp3) is 0. The van der Waals surface area contributed by atoms with Gasteiger partial charge in [0.25, 0.3) is 10.0 Å². The van der Waals surface area contributed by atoms with Crippen molar-refractivity contribution in [3.05, 3.63) is 81.5 Å². The van der Waals surface area contributed by atoms with Gasteiger partial charge in [-0.25, -0.2) is 22.7 Å². The number of carbonyl (C=O) groups excluding carboxylic acids is 1. The van der Waals surface area contributed by atoms with Crippen LogP contribution >= 0.6 is 11.6 Å². The van der Waals surface area contributed by atoms with Crippen LogP contribution in [0, 0.1) is 0 Å². The number of hydrogen-bond acceptors (Lipinski definition) is 6. The van der Waals surface area contributed by atoms with Crippen LogP contribution in [0.3, 0.4) is 0 Å². The maximum atomic E-state index is 12.3. The summed E-state index contributed by atoms with van der Waals surface area (Å²) in [6, 6.07) is 13.7. The molecule has 3 rings (SSSR count). The Morgan fingerprint density at radius 2 is 1.69 bits per heavy atom. The number of benzene rings is 2. The highest BCUT2D eigenvalue weighted by Crippen LogP contribution is 2.20. The molecule has 3 aromatic rings. The van der Waals surface area contributed by atoms with Crippen molar-refractivity contribution in [3.63, 3.8) is 0 Å². The van der Waals surface area contributed by atoms with Crippen LogP contribution in [0.1, 0.15) is 11.4 Å². The highest BCUT2D eigenvalue weighted by Gasteiger charge is 2.21. The van der Waals surface area contributed by atoms with E-state index < -0.39 is 21.7 Å². The number of anilines is 1. The van der Waals surface area contributed by atoms with Gasteiger partial charge in [-0.3, -0.25) is 10.3 Å². The molecule has 29 heavy (non-hydrogen) atoms. The molecule has 2 aromatic carbocycles. The van der Waals surface area contributed by atoms with Crippen molar-refractivity contribution in [2.24, 2.45) is 0 Å². The van der Waals surface area contributed by atoms with Crippen LogP contribution in [0.2, 0.25) is 5.02 Å². The molecule has 11 heteroatoms. The van der Waals surface area contributed by atoms with Crippen LogP contribution < -0.4 is 15.7 Å². The topological polar surface area (TPSA) is 134 Å². The van der Waals surface area contributed by atoms with Gasteiger partial charge >= 0.3 is 11.7 Å². The number of aromatic amines is 1. The predicted molar refractivity (Wildman–Crippen MR) is 109 cm³/mol. The van der Waals surface area contributed by atoms with Crippen molar-refractivity contribution in [2.45, 2.75) is 4.90 Å². The highest BCUT2D eigenvalue weighted by molar-refractivity contribution is 7.90. The molecule has 2 amide bonds. The summed E-state index contributed by atoms with van der Waals surface area (Å²) < 4.78 is 26.3. The third-order valence-corrected chi connectivity index (χ3v) is 5.31. The van der Waals surface area contributed by atoms with Crippen LogP contribution in [0.25, 0.3) is 12.2 Å². The monoisotopic (exact) mass is 431 g/mol. The molecular formula is C18H14ClN5O4S. The SMILES string of the molecule is O=C(Nc1nc(C=Cc2ccccc2)[nH]c(=O)n1)NS(=O)(=O)c1ccccc1Cl. The minimum Gasteiger partial charge on any atom is -0.290 e. The molecule has 148 valence electrons. The normalized spacial score (nSPS) is 11.3. The summed E-state index contributed by atoms with van der Waals surface area (Å²) in [4.78, 5) is 33.4. The van der Waals surface area contributed by atoms with E-state index in [9.17, 15) is 18.0 Å². The molecule has 0 spiro atoms. The summed E-state index contributed by atoms with van der Waals surface area (Å²) in [5, 5.41) is 2.07. The lowest BCUT2D eigenvalue weighted by molar-refractivity contribution is 0.256. The van der Waals surface area contributed by atoms with Crippen molar-refractivity contribution < 1.29 is 13.2 Å². The lowest BCUT2D eigenvalue weighted by Crippen LogP contribution is -2.35. The molecule has 0 radical (unpaired) electrons. The number of hydrogen-bond donors (Lipinski definition) is 3. The van der Waals surface area contributed by atoms with E-state index in [1.165, 1.54) is 24.3 Å². The van der Waals surface area contributed by atoms with E-state index in [1.54, 1.807) is 16.9 Å². The van der Waals surface area contributed by atoms with Gasteiger partial charge in [-0.05, 0) is 23.8 Å². The number of amides is 2. The van der Waals surface area contributed by atoms with Crippen LogP contribution in [-0.4, -0.2) is 29.4 Å². The summed E-state index contributed by atoms with van der Waals surface area (Å²) in [6.07, 6.45) is 3.21. The maximum absolute atomic E-state index is 12.3. The molecule has 0 unspecified atom stereocenters. The molecule has 0 saturated heterocycles. The minimum absolute atomic E-state index is 0.0476. The third-order valence-electron chi connectivity index (χ3n) is 3.48. The molecule has 0 saturated carbocycles. The average Bonchev–Trinajstić information content (AvgIpc) is 2.66. The molecule has 0 atom stereocenters. The Kier molecular flexibility index (Phi) is 6.05. The third kappa shape index (κ3) is 5.50. The van der Waals surface area contributed by atoms with Gasteiger partial charge in [0.15, 0.2) is 0 Å². The second kappa shape index (κ2) is 8.67. The number of H-pyrrole nitrogens is 1. The number of aromatic nitrogens is 3. The fourth-order valence-electron chi connectivity index (χ4n) is 2.24. The highest BCUT2D eigenvalue weighted by atomic mass is 35.5. The first-order valence-corrected chi connectivity index (χ1v) is 9.99. The number of urea groups is 1. The van der Waals surface area contributed by atoms with Gasteiger partial charge in [0.1, 0.15) is 10.7 Å².